The highest BCUT2D eigenvalue weighted by atomic mass is 32.1. The lowest BCUT2D eigenvalue weighted by Gasteiger charge is -2.31. The SMILES string of the molecule is O=C(c1ccc2nsnc2c1)N1CCC(Oc2ncccn2)CC1. The summed E-state index contributed by atoms with van der Waals surface area (Å²) in [6.07, 6.45) is 4.89. The van der Waals surface area contributed by atoms with Crippen LogP contribution in [0.5, 0.6) is 6.01 Å². The largest absolute Gasteiger partial charge is 0.460 e. The molecule has 2 aromatic heterocycles. The highest BCUT2D eigenvalue weighted by Gasteiger charge is 2.25. The van der Waals surface area contributed by atoms with Crippen LogP contribution < -0.4 is 4.74 Å². The second-order valence-corrected chi connectivity index (χ2v) is 6.14. The molecule has 0 bridgehead atoms. The Balaban J connectivity index is 1.39. The number of ether oxygens (including phenoxy) is 1. The van der Waals surface area contributed by atoms with Gasteiger partial charge in [-0.15, -0.1) is 0 Å². The van der Waals surface area contributed by atoms with E-state index in [2.05, 4.69) is 18.7 Å². The van der Waals surface area contributed by atoms with E-state index in [9.17, 15) is 4.79 Å². The van der Waals surface area contributed by atoms with E-state index in [-0.39, 0.29) is 12.0 Å². The minimum atomic E-state index is 0.0271. The van der Waals surface area contributed by atoms with Crippen molar-refractivity contribution in [3.8, 4) is 6.01 Å². The normalized spacial score (nSPS) is 15.6. The summed E-state index contributed by atoms with van der Waals surface area (Å²) in [6.45, 7) is 1.31. The van der Waals surface area contributed by atoms with Crippen LogP contribution in [0.2, 0.25) is 0 Å². The molecule has 24 heavy (non-hydrogen) atoms. The van der Waals surface area contributed by atoms with Gasteiger partial charge >= 0.3 is 6.01 Å². The standard InChI is InChI=1S/C16H15N5O2S/c22-15(11-2-3-13-14(10-11)20-24-19-13)21-8-4-12(5-9-21)23-16-17-6-1-7-18-16/h1-3,6-7,10,12H,4-5,8-9H2. The summed E-state index contributed by atoms with van der Waals surface area (Å²) in [6, 6.07) is 7.61. The van der Waals surface area contributed by atoms with E-state index in [4.69, 9.17) is 4.74 Å². The maximum atomic E-state index is 12.6. The van der Waals surface area contributed by atoms with E-state index in [1.54, 1.807) is 18.5 Å². The van der Waals surface area contributed by atoms with E-state index in [1.807, 2.05) is 23.1 Å². The van der Waals surface area contributed by atoms with Crippen molar-refractivity contribution in [1.29, 1.82) is 0 Å². The molecule has 1 fully saturated rings. The fourth-order valence-electron chi connectivity index (χ4n) is 2.77. The summed E-state index contributed by atoms with van der Waals surface area (Å²) in [5.41, 5.74) is 2.25. The van der Waals surface area contributed by atoms with Crippen molar-refractivity contribution >= 4 is 28.7 Å². The molecule has 1 aromatic carbocycles. The number of rotatable bonds is 3. The Morgan fingerprint density at radius 2 is 1.88 bits per heavy atom. The molecule has 122 valence electrons. The number of nitrogens with zero attached hydrogens (tertiary/aromatic N) is 5. The number of amides is 1. The summed E-state index contributed by atoms with van der Waals surface area (Å²) in [7, 11) is 0. The van der Waals surface area contributed by atoms with Gasteiger partial charge in [0, 0.05) is 43.9 Å². The van der Waals surface area contributed by atoms with Gasteiger partial charge < -0.3 is 9.64 Å². The van der Waals surface area contributed by atoms with Crippen molar-refractivity contribution in [3.63, 3.8) is 0 Å². The molecule has 3 aromatic rings. The van der Waals surface area contributed by atoms with Gasteiger partial charge in [0.2, 0.25) is 0 Å². The number of benzene rings is 1. The summed E-state index contributed by atoms with van der Waals surface area (Å²) in [5, 5.41) is 0. The van der Waals surface area contributed by atoms with Crippen molar-refractivity contribution in [1.82, 2.24) is 23.6 Å². The molecule has 0 saturated carbocycles. The third kappa shape index (κ3) is 3.05. The first-order chi connectivity index (χ1) is 11.8. The number of aromatic nitrogens is 4. The maximum absolute atomic E-state index is 12.6. The first-order valence-corrected chi connectivity index (χ1v) is 8.48. The van der Waals surface area contributed by atoms with Gasteiger partial charge in [-0.05, 0) is 24.3 Å². The Hall–Kier alpha value is -2.61. The monoisotopic (exact) mass is 341 g/mol. The van der Waals surface area contributed by atoms with Crippen molar-refractivity contribution in [2.75, 3.05) is 13.1 Å². The molecular formula is C16H15N5O2S. The average Bonchev–Trinajstić information content (AvgIpc) is 3.10. The Morgan fingerprint density at radius 1 is 1.12 bits per heavy atom. The van der Waals surface area contributed by atoms with Gasteiger partial charge in [0.25, 0.3) is 5.91 Å². The molecule has 0 N–H and O–H groups in total. The Labute approximate surface area is 142 Å². The zero-order chi connectivity index (χ0) is 16.4. The minimum Gasteiger partial charge on any atom is -0.460 e. The number of piperidine rings is 1. The van der Waals surface area contributed by atoms with Crippen LogP contribution in [0.25, 0.3) is 11.0 Å². The number of fused-ring (bicyclic) bond motifs is 1. The van der Waals surface area contributed by atoms with Gasteiger partial charge in [-0.1, -0.05) is 0 Å². The smallest absolute Gasteiger partial charge is 0.316 e. The van der Waals surface area contributed by atoms with E-state index in [1.165, 1.54) is 0 Å². The molecular weight excluding hydrogens is 326 g/mol. The fourth-order valence-corrected chi connectivity index (χ4v) is 3.29. The summed E-state index contributed by atoms with van der Waals surface area (Å²) >= 11 is 1.16. The molecule has 8 heteroatoms. The Kier molecular flexibility index (Phi) is 4.04. The Bertz CT molecular complexity index is 846. The van der Waals surface area contributed by atoms with Gasteiger partial charge in [-0.25, -0.2) is 9.97 Å². The van der Waals surface area contributed by atoms with Crippen LogP contribution >= 0.6 is 11.7 Å². The van der Waals surface area contributed by atoms with Gasteiger partial charge in [-0.2, -0.15) is 8.75 Å². The van der Waals surface area contributed by atoms with E-state index < -0.39 is 0 Å². The number of hydrogen-bond donors (Lipinski definition) is 0. The second kappa shape index (κ2) is 6.48. The van der Waals surface area contributed by atoms with Crippen LogP contribution in [0.15, 0.2) is 36.7 Å². The minimum absolute atomic E-state index is 0.0271. The molecule has 0 spiro atoms. The van der Waals surface area contributed by atoms with E-state index >= 15 is 0 Å². The van der Waals surface area contributed by atoms with Crippen molar-refractivity contribution in [3.05, 3.63) is 42.2 Å². The fraction of sp³-hybridized carbons (Fsp3) is 0.312. The van der Waals surface area contributed by atoms with Crippen LogP contribution in [0, 0.1) is 0 Å². The zero-order valence-corrected chi connectivity index (χ0v) is 13.6. The van der Waals surface area contributed by atoms with Gasteiger partial charge in [0.05, 0.1) is 11.7 Å². The molecule has 3 heterocycles. The van der Waals surface area contributed by atoms with Crippen molar-refractivity contribution < 1.29 is 9.53 Å². The van der Waals surface area contributed by atoms with E-state index in [0.29, 0.717) is 24.7 Å². The molecule has 0 radical (unpaired) electrons. The second-order valence-electron chi connectivity index (χ2n) is 5.61. The molecule has 1 amide bonds. The van der Waals surface area contributed by atoms with Crippen LogP contribution in [0.3, 0.4) is 0 Å². The number of hydrogen-bond acceptors (Lipinski definition) is 7. The first kappa shape index (κ1) is 14.9. The topological polar surface area (TPSA) is 81.1 Å². The quantitative estimate of drug-likeness (QED) is 0.726. The summed E-state index contributed by atoms with van der Waals surface area (Å²) in [4.78, 5) is 22.6. The van der Waals surface area contributed by atoms with Crippen LogP contribution in [-0.2, 0) is 0 Å². The van der Waals surface area contributed by atoms with Crippen LogP contribution in [0.4, 0.5) is 0 Å². The molecule has 0 unspecified atom stereocenters. The highest BCUT2D eigenvalue weighted by molar-refractivity contribution is 7.00. The predicted octanol–water partition coefficient (Wildman–Crippen LogP) is 2.16. The highest BCUT2D eigenvalue weighted by Crippen LogP contribution is 2.19. The molecule has 1 aliphatic rings. The third-order valence-electron chi connectivity index (χ3n) is 4.04. The lowest BCUT2D eigenvalue weighted by molar-refractivity contribution is 0.0579. The zero-order valence-electron chi connectivity index (χ0n) is 12.8. The Morgan fingerprint density at radius 3 is 2.67 bits per heavy atom. The van der Waals surface area contributed by atoms with Gasteiger partial charge in [0.15, 0.2) is 0 Å². The lowest BCUT2D eigenvalue weighted by Crippen LogP contribution is -2.41. The summed E-state index contributed by atoms with van der Waals surface area (Å²) < 4.78 is 14.1. The lowest BCUT2D eigenvalue weighted by atomic mass is 10.1. The average molecular weight is 341 g/mol. The predicted molar refractivity (Wildman–Crippen MR) is 89.0 cm³/mol. The van der Waals surface area contributed by atoms with Crippen LogP contribution in [0.1, 0.15) is 23.2 Å². The van der Waals surface area contributed by atoms with Gasteiger partial charge in [0.1, 0.15) is 17.1 Å². The first-order valence-electron chi connectivity index (χ1n) is 7.75. The van der Waals surface area contributed by atoms with Crippen LogP contribution in [-0.4, -0.2) is 48.7 Å². The molecule has 1 saturated heterocycles. The molecule has 4 rings (SSSR count). The summed E-state index contributed by atoms with van der Waals surface area (Å²) in [5.74, 6) is 0.0271. The van der Waals surface area contributed by atoms with Crippen molar-refractivity contribution in [2.45, 2.75) is 18.9 Å². The van der Waals surface area contributed by atoms with Gasteiger partial charge in [-0.3, -0.25) is 4.79 Å². The van der Waals surface area contributed by atoms with E-state index in [0.717, 1.165) is 35.6 Å². The molecule has 7 nitrogen and oxygen atoms in total. The van der Waals surface area contributed by atoms with Crippen molar-refractivity contribution in [2.24, 2.45) is 0 Å². The molecule has 0 aliphatic carbocycles. The number of carbonyl (C=O) groups is 1. The maximum Gasteiger partial charge on any atom is 0.316 e. The third-order valence-corrected chi connectivity index (χ3v) is 4.60. The number of carbonyl (C=O) groups excluding carboxylic acids is 1. The molecule has 1 aliphatic heterocycles. The molecule has 0 atom stereocenters. The number of likely N-dealkylation sites (tertiary alicyclic amines) is 1.